The summed E-state index contributed by atoms with van der Waals surface area (Å²) in [6, 6.07) is 5.96. The Labute approximate surface area is 178 Å². The number of rotatable bonds is 4. The van der Waals surface area contributed by atoms with Gasteiger partial charge in [0.25, 0.3) is 5.91 Å². The molecule has 2 saturated heterocycles. The number of β-amino-alcohol motifs (C(OH)–C–C–N with tert-alkyl or cyclic N) is 1. The van der Waals surface area contributed by atoms with Crippen molar-refractivity contribution in [2.75, 3.05) is 18.4 Å². The van der Waals surface area contributed by atoms with E-state index in [0.717, 1.165) is 36.5 Å². The van der Waals surface area contributed by atoms with E-state index in [4.69, 9.17) is 0 Å². The van der Waals surface area contributed by atoms with Crippen molar-refractivity contribution in [3.63, 3.8) is 0 Å². The number of amides is 1. The van der Waals surface area contributed by atoms with Gasteiger partial charge >= 0.3 is 0 Å². The van der Waals surface area contributed by atoms with Gasteiger partial charge in [-0.1, -0.05) is 0 Å². The van der Waals surface area contributed by atoms with Gasteiger partial charge < -0.3 is 15.7 Å². The molecule has 1 unspecified atom stereocenters. The first-order valence-corrected chi connectivity index (χ1v) is 10.1. The average molecular weight is 518 g/mol. The number of anilines is 2. The number of carbonyl (C=O) groups is 1. The number of hydrogen-bond donors (Lipinski definition) is 4. The van der Waals surface area contributed by atoms with Crippen LogP contribution in [0.3, 0.4) is 0 Å². The summed E-state index contributed by atoms with van der Waals surface area (Å²) in [5, 5.41) is 17.3. The highest BCUT2D eigenvalue weighted by Crippen LogP contribution is 2.32. The summed E-state index contributed by atoms with van der Waals surface area (Å²) in [5.74, 6) is -3.79. The molecule has 154 valence electrons. The molecule has 2 aliphatic heterocycles. The molecule has 2 atom stereocenters. The molecule has 2 heterocycles. The minimum atomic E-state index is -1.29. The Morgan fingerprint density at radius 3 is 2.66 bits per heavy atom. The van der Waals surface area contributed by atoms with Crippen LogP contribution in [0.1, 0.15) is 23.2 Å². The number of benzene rings is 2. The standard InChI is InChI=1S/C19H18F3IN4O2/c20-12-5-4-11(17(16(12)22)25-14-6-3-10(23)8-13(14)21)18(28)27-9-19(29,26-27)15-2-1-7-24-15/h3-6,8,15,24-26,29H,1-2,7,9H2/t15?,19-/m0/s1. The van der Waals surface area contributed by atoms with Crippen LogP contribution in [-0.4, -0.2) is 40.9 Å². The highest BCUT2D eigenvalue weighted by molar-refractivity contribution is 14.1. The Balaban J connectivity index is 1.59. The van der Waals surface area contributed by atoms with Crippen molar-refractivity contribution < 1.29 is 23.1 Å². The van der Waals surface area contributed by atoms with Crippen LogP contribution in [0.25, 0.3) is 0 Å². The van der Waals surface area contributed by atoms with Gasteiger partial charge in [0.2, 0.25) is 0 Å². The van der Waals surface area contributed by atoms with Gasteiger partial charge in [-0.2, -0.15) is 5.43 Å². The fraction of sp³-hybridized carbons (Fsp3) is 0.316. The molecule has 0 aliphatic carbocycles. The van der Waals surface area contributed by atoms with Gasteiger partial charge in [0, 0.05) is 3.57 Å². The fourth-order valence-electron chi connectivity index (χ4n) is 3.58. The molecular weight excluding hydrogens is 500 g/mol. The first-order chi connectivity index (χ1) is 13.8. The third kappa shape index (κ3) is 3.81. The van der Waals surface area contributed by atoms with Gasteiger partial charge in [-0.25, -0.2) is 13.2 Å². The molecule has 0 radical (unpaired) electrons. The topological polar surface area (TPSA) is 76.6 Å². The van der Waals surface area contributed by atoms with Crippen molar-refractivity contribution in [3.05, 3.63) is 56.9 Å². The minimum absolute atomic E-state index is 0.0141. The van der Waals surface area contributed by atoms with Gasteiger partial charge in [0.05, 0.1) is 29.5 Å². The number of hydrogen-bond acceptors (Lipinski definition) is 5. The molecule has 4 rings (SSSR count). The summed E-state index contributed by atoms with van der Waals surface area (Å²) >= 11 is 1.92. The van der Waals surface area contributed by atoms with E-state index in [1.165, 1.54) is 12.1 Å². The molecule has 0 saturated carbocycles. The third-order valence-corrected chi connectivity index (χ3v) is 5.80. The SMILES string of the molecule is O=C(c1ccc(F)c(F)c1Nc1ccc(I)cc1F)N1C[C@](O)(C2CCCN2)N1. The lowest BCUT2D eigenvalue weighted by Gasteiger charge is -2.50. The molecule has 2 aliphatic rings. The molecule has 0 aromatic heterocycles. The number of nitrogens with one attached hydrogen (secondary N) is 3. The quantitative estimate of drug-likeness (QED) is 0.469. The van der Waals surface area contributed by atoms with Crippen molar-refractivity contribution in [2.24, 2.45) is 0 Å². The summed E-state index contributed by atoms with van der Waals surface area (Å²) in [4.78, 5) is 12.9. The maximum Gasteiger partial charge on any atom is 0.270 e. The molecular formula is C19H18F3IN4O2. The van der Waals surface area contributed by atoms with E-state index < -0.39 is 34.8 Å². The van der Waals surface area contributed by atoms with Gasteiger partial charge in [-0.05, 0) is 72.3 Å². The molecule has 0 spiro atoms. The smallest absolute Gasteiger partial charge is 0.270 e. The zero-order valence-electron chi connectivity index (χ0n) is 15.1. The van der Waals surface area contributed by atoms with Crippen LogP contribution in [0.4, 0.5) is 24.5 Å². The summed E-state index contributed by atoms with van der Waals surface area (Å²) in [7, 11) is 0. The molecule has 2 aromatic carbocycles. The van der Waals surface area contributed by atoms with Crippen LogP contribution >= 0.6 is 22.6 Å². The van der Waals surface area contributed by atoms with Crippen LogP contribution in [0.5, 0.6) is 0 Å². The Hall–Kier alpha value is -1.89. The van der Waals surface area contributed by atoms with Crippen molar-refractivity contribution in [2.45, 2.75) is 24.6 Å². The largest absolute Gasteiger partial charge is 0.371 e. The highest BCUT2D eigenvalue weighted by Gasteiger charge is 2.50. The number of nitrogens with zero attached hydrogens (tertiary/aromatic N) is 1. The summed E-state index contributed by atoms with van der Waals surface area (Å²) in [6.45, 7) is 0.765. The molecule has 6 nitrogen and oxygen atoms in total. The van der Waals surface area contributed by atoms with Crippen molar-refractivity contribution >= 4 is 39.9 Å². The average Bonchev–Trinajstić information content (AvgIpc) is 3.19. The van der Waals surface area contributed by atoms with Crippen molar-refractivity contribution in [3.8, 4) is 0 Å². The fourth-order valence-corrected chi connectivity index (χ4v) is 4.04. The van der Waals surface area contributed by atoms with Crippen LogP contribution < -0.4 is 16.1 Å². The Morgan fingerprint density at radius 1 is 1.24 bits per heavy atom. The van der Waals surface area contributed by atoms with Gasteiger partial charge in [0.1, 0.15) is 5.82 Å². The Kier molecular flexibility index (Phi) is 5.44. The van der Waals surface area contributed by atoms with Crippen LogP contribution in [-0.2, 0) is 0 Å². The molecule has 1 amide bonds. The molecule has 29 heavy (non-hydrogen) atoms. The lowest BCUT2D eigenvalue weighted by atomic mass is 9.98. The zero-order valence-corrected chi connectivity index (χ0v) is 17.3. The molecule has 2 aromatic rings. The first-order valence-electron chi connectivity index (χ1n) is 9.04. The number of aliphatic hydroxyl groups is 1. The second kappa shape index (κ2) is 7.74. The van der Waals surface area contributed by atoms with Crippen molar-refractivity contribution in [1.29, 1.82) is 0 Å². The zero-order chi connectivity index (χ0) is 20.8. The van der Waals surface area contributed by atoms with E-state index >= 15 is 0 Å². The number of carbonyl (C=O) groups excluding carboxylic acids is 1. The highest BCUT2D eigenvalue weighted by atomic mass is 127. The predicted octanol–water partition coefficient (Wildman–Crippen LogP) is 2.85. The normalized spacial score (nSPS) is 23.8. The van der Waals surface area contributed by atoms with Crippen molar-refractivity contribution in [1.82, 2.24) is 15.8 Å². The van der Waals surface area contributed by atoms with E-state index in [2.05, 4.69) is 16.1 Å². The number of hydrazine groups is 1. The predicted molar refractivity (Wildman–Crippen MR) is 109 cm³/mol. The maximum atomic E-state index is 14.5. The lowest BCUT2D eigenvalue weighted by Crippen LogP contribution is -2.78. The molecule has 4 N–H and O–H groups in total. The van der Waals surface area contributed by atoms with Crippen LogP contribution in [0, 0.1) is 21.0 Å². The van der Waals surface area contributed by atoms with Crippen LogP contribution in [0.2, 0.25) is 0 Å². The van der Waals surface area contributed by atoms with E-state index in [9.17, 15) is 23.1 Å². The molecule has 2 fully saturated rings. The third-order valence-electron chi connectivity index (χ3n) is 5.13. The molecule has 10 heteroatoms. The monoisotopic (exact) mass is 518 g/mol. The second-order valence-electron chi connectivity index (χ2n) is 7.11. The second-order valence-corrected chi connectivity index (χ2v) is 8.36. The van der Waals surface area contributed by atoms with Crippen LogP contribution in [0.15, 0.2) is 30.3 Å². The van der Waals surface area contributed by atoms with E-state index in [-0.39, 0.29) is 23.8 Å². The molecule has 0 bridgehead atoms. The van der Waals surface area contributed by atoms with Gasteiger partial charge in [0.15, 0.2) is 17.4 Å². The van der Waals surface area contributed by atoms with E-state index in [1.54, 1.807) is 6.07 Å². The Morgan fingerprint density at radius 2 is 2.00 bits per heavy atom. The summed E-state index contributed by atoms with van der Waals surface area (Å²) in [5.41, 5.74) is 0.680. The van der Waals surface area contributed by atoms with E-state index in [0.29, 0.717) is 3.57 Å². The summed E-state index contributed by atoms with van der Waals surface area (Å²) < 4.78 is 43.1. The first kappa shape index (κ1) is 20.4. The van der Waals surface area contributed by atoms with E-state index in [1.807, 2.05) is 22.6 Å². The number of halogens is 4. The van der Waals surface area contributed by atoms with Gasteiger partial charge in [-0.3, -0.25) is 9.80 Å². The van der Waals surface area contributed by atoms with Gasteiger partial charge in [-0.15, -0.1) is 0 Å². The minimum Gasteiger partial charge on any atom is -0.371 e. The summed E-state index contributed by atoms with van der Waals surface area (Å²) in [6.07, 6.45) is 1.68. The maximum absolute atomic E-state index is 14.5. The Bertz CT molecular complexity index is 963. The lowest BCUT2D eigenvalue weighted by molar-refractivity contribution is -0.166.